The minimum Gasteiger partial charge on any atom is -0.495 e. The van der Waals surface area contributed by atoms with Crippen molar-refractivity contribution in [2.75, 3.05) is 11.8 Å². The first-order valence-corrected chi connectivity index (χ1v) is 7.82. The Balaban J connectivity index is 2.31. The fourth-order valence-electron chi connectivity index (χ4n) is 1.88. The summed E-state index contributed by atoms with van der Waals surface area (Å²) in [5.74, 6) is 0.141. The number of hydrogen-bond acceptors (Lipinski definition) is 4. The van der Waals surface area contributed by atoms with Gasteiger partial charge in [-0.05, 0) is 17.7 Å². The van der Waals surface area contributed by atoms with Gasteiger partial charge in [-0.1, -0.05) is 36.4 Å². The molecule has 0 atom stereocenters. The predicted molar refractivity (Wildman–Crippen MR) is 80.4 cm³/mol. The number of para-hydroxylation sites is 1. The van der Waals surface area contributed by atoms with Crippen molar-refractivity contribution in [1.29, 1.82) is 5.26 Å². The normalized spacial score (nSPS) is 10.7. The second-order valence-corrected chi connectivity index (χ2v) is 6.06. The van der Waals surface area contributed by atoms with E-state index in [1.54, 1.807) is 36.4 Å². The van der Waals surface area contributed by atoms with Gasteiger partial charge >= 0.3 is 0 Å². The molecule has 2 aromatic rings. The van der Waals surface area contributed by atoms with Gasteiger partial charge in [0.25, 0.3) is 0 Å². The Hall–Kier alpha value is -2.52. The molecule has 0 aliphatic heterocycles. The number of rotatable bonds is 5. The first-order valence-electron chi connectivity index (χ1n) is 6.17. The van der Waals surface area contributed by atoms with E-state index < -0.39 is 10.0 Å². The molecule has 0 amide bonds. The summed E-state index contributed by atoms with van der Waals surface area (Å²) >= 11 is 0. The van der Waals surface area contributed by atoms with Crippen molar-refractivity contribution >= 4 is 15.7 Å². The molecule has 0 heterocycles. The second-order valence-electron chi connectivity index (χ2n) is 4.34. The second kappa shape index (κ2) is 6.29. The third-order valence-electron chi connectivity index (χ3n) is 2.82. The fourth-order valence-corrected chi connectivity index (χ4v) is 3.11. The number of methoxy groups -OCH3 is 1. The van der Waals surface area contributed by atoms with Crippen LogP contribution in [-0.4, -0.2) is 15.5 Å². The lowest BCUT2D eigenvalue weighted by atomic mass is 10.2. The van der Waals surface area contributed by atoms with Crippen molar-refractivity contribution in [1.82, 2.24) is 0 Å². The molecule has 2 aromatic carbocycles. The minimum absolute atomic E-state index is 0.165. The lowest BCUT2D eigenvalue weighted by molar-refractivity contribution is 0.416. The van der Waals surface area contributed by atoms with Crippen LogP contribution in [0, 0.1) is 11.3 Å². The third kappa shape index (κ3) is 3.74. The quantitative estimate of drug-likeness (QED) is 0.920. The van der Waals surface area contributed by atoms with Gasteiger partial charge in [0.15, 0.2) is 0 Å². The Morgan fingerprint density at radius 2 is 1.86 bits per heavy atom. The Labute approximate surface area is 123 Å². The maximum absolute atomic E-state index is 12.2. The molecule has 5 nitrogen and oxygen atoms in total. The topological polar surface area (TPSA) is 79.2 Å². The average molecular weight is 302 g/mol. The SMILES string of the molecule is COc1cccc(C#N)c1NS(=O)(=O)Cc1ccccc1. The molecule has 0 saturated carbocycles. The molecule has 0 radical (unpaired) electrons. The molecule has 0 fully saturated rings. The molecule has 0 aromatic heterocycles. The van der Waals surface area contributed by atoms with Gasteiger partial charge in [-0.3, -0.25) is 4.72 Å². The largest absolute Gasteiger partial charge is 0.495 e. The summed E-state index contributed by atoms with van der Waals surface area (Å²) in [7, 11) is -2.21. The summed E-state index contributed by atoms with van der Waals surface area (Å²) in [4.78, 5) is 0. The number of hydrogen-bond donors (Lipinski definition) is 1. The van der Waals surface area contributed by atoms with E-state index in [-0.39, 0.29) is 17.0 Å². The van der Waals surface area contributed by atoms with Gasteiger partial charge in [-0.25, -0.2) is 8.42 Å². The third-order valence-corrected chi connectivity index (χ3v) is 4.05. The lowest BCUT2D eigenvalue weighted by Gasteiger charge is -2.13. The fraction of sp³-hybridized carbons (Fsp3) is 0.133. The average Bonchev–Trinajstić information content (AvgIpc) is 2.47. The molecule has 0 bridgehead atoms. The standard InChI is InChI=1S/C15H14N2O3S/c1-20-14-9-5-8-13(10-16)15(14)17-21(18,19)11-12-6-3-2-4-7-12/h2-9,17H,11H2,1H3. The van der Waals surface area contributed by atoms with E-state index in [0.29, 0.717) is 11.3 Å². The van der Waals surface area contributed by atoms with Crippen molar-refractivity contribution in [3.8, 4) is 11.8 Å². The molecule has 0 saturated heterocycles. The van der Waals surface area contributed by atoms with Crippen LogP contribution >= 0.6 is 0 Å². The van der Waals surface area contributed by atoms with E-state index in [2.05, 4.69) is 4.72 Å². The number of nitrogens with one attached hydrogen (secondary N) is 1. The summed E-state index contributed by atoms with van der Waals surface area (Å²) < 4.78 is 32.0. The minimum atomic E-state index is -3.63. The maximum atomic E-state index is 12.2. The highest BCUT2D eigenvalue weighted by atomic mass is 32.2. The van der Waals surface area contributed by atoms with Crippen LogP contribution in [0.15, 0.2) is 48.5 Å². The Kier molecular flexibility index (Phi) is 4.45. The van der Waals surface area contributed by atoms with Crippen molar-refractivity contribution in [2.24, 2.45) is 0 Å². The van der Waals surface area contributed by atoms with Crippen LogP contribution < -0.4 is 9.46 Å². The molecule has 1 N–H and O–H groups in total. The van der Waals surface area contributed by atoms with E-state index in [0.717, 1.165) is 0 Å². The zero-order valence-corrected chi connectivity index (χ0v) is 12.2. The number of nitrogens with zero attached hydrogens (tertiary/aromatic N) is 1. The van der Waals surface area contributed by atoms with Crippen LogP contribution in [-0.2, 0) is 15.8 Å². The van der Waals surface area contributed by atoms with Crippen LogP contribution in [0.25, 0.3) is 0 Å². The van der Waals surface area contributed by atoms with Gasteiger partial charge in [-0.15, -0.1) is 0 Å². The van der Waals surface area contributed by atoms with Crippen molar-refractivity contribution in [3.63, 3.8) is 0 Å². The molecule has 0 aliphatic rings. The van der Waals surface area contributed by atoms with Crippen LogP contribution in [0.4, 0.5) is 5.69 Å². The van der Waals surface area contributed by atoms with Gasteiger partial charge in [-0.2, -0.15) is 5.26 Å². The molecule has 2 rings (SSSR count). The highest BCUT2D eigenvalue weighted by Crippen LogP contribution is 2.29. The highest BCUT2D eigenvalue weighted by molar-refractivity contribution is 7.91. The van der Waals surface area contributed by atoms with Crippen LogP contribution in [0.1, 0.15) is 11.1 Å². The molecular weight excluding hydrogens is 288 g/mol. The number of benzene rings is 2. The lowest BCUT2D eigenvalue weighted by Crippen LogP contribution is -2.16. The molecule has 0 spiro atoms. The summed E-state index contributed by atoms with van der Waals surface area (Å²) in [5.41, 5.74) is 1.04. The van der Waals surface area contributed by atoms with Gasteiger partial charge in [0.1, 0.15) is 17.5 Å². The van der Waals surface area contributed by atoms with Crippen LogP contribution in [0.5, 0.6) is 5.75 Å². The Bertz CT molecular complexity index is 765. The zero-order valence-electron chi connectivity index (χ0n) is 11.4. The number of nitriles is 1. The van der Waals surface area contributed by atoms with Gasteiger partial charge in [0.05, 0.1) is 18.4 Å². The Morgan fingerprint density at radius 1 is 1.14 bits per heavy atom. The summed E-state index contributed by atoms with van der Waals surface area (Å²) in [6.07, 6.45) is 0. The molecular formula is C15H14N2O3S. The van der Waals surface area contributed by atoms with E-state index in [9.17, 15) is 8.42 Å². The Morgan fingerprint density at radius 3 is 2.48 bits per heavy atom. The van der Waals surface area contributed by atoms with Crippen molar-refractivity contribution < 1.29 is 13.2 Å². The maximum Gasteiger partial charge on any atom is 0.237 e. The van der Waals surface area contributed by atoms with Gasteiger partial charge < -0.3 is 4.74 Å². The highest BCUT2D eigenvalue weighted by Gasteiger charge is 2.17. The summed E-state index contributed by atoms with van der Waals surface area (Å²) in [6.45, 7) is 0. The summed E-state index contributed by atoms with van der Waals surface area (Å²) in [5, 5.41) is 9.08. The molecule has 6 heteroatoms. The van der Waals surface area contributed by atoms with Crippen LogP contribution in [0.3, 0.4) is 0 Å². The van der Waals surface area contributed by atoms with Gasteiger partial charge in [0, 0.05) is 0 Å². The monoisotopic (exact) mass is 302 g/mol. The summed E-state index contributed by atoms with van der Waals surface area (Å²) in [6, 6.07) is 15.5. The smallest absolute Gasteiger partial charge is 0.237 e. The number of sulfonamides is 1. The predicted octanol–water partition coefficient (Wildman–Crippen LogP) is 2.51. The van der Waals surface area contributed by atoms with Crippen molar-refractivity contribution in [2.45, 2.75) is 5.75 Å². The van der Waals surface area contributed by atoms with E-state index in [1.807, 2.05) is 12.1 Å². The first kappa shape index (κ1) is 14.9. The van der Waals surface area contributed by atoms with Gasteiger partial charge in [0.2, 0.25) is 10.0 Å². The first-order chi connectivity index (χ1) is 10.1. The van der Waals surface area contributed by atoms with Crippen LogP contribution in [0.2, 0.25) is 0 Å². The van der Waals surface area contributed by atoms with E-state index >= 15 is 0 Å². The molecule has 21 heavy (non-hydrogen) atoms. The van der Waals surface area contributed by atoms with E-state index in [4.69, 9.17) is 10.00 Å². The molecule has 0 aliphatic carbocycles. The number of ether oxygens (including phenoxy) is 1. The number of anilines is 1. The zero-order chi connectivity index (χ0) is 15.3. The van der Waals surface area contributed by atoms with E-state index in [1.165, 1.54) is 13.2 Å². The molecule has 108 valence electrons. The van der Waals surface area contributed by atoms with Crippen molar-refractivity contribution in [3.05, 3.63) is 59.7 Å². The molecule has 0 unspecified atom stereocenters.